The number of rotatable bonds is 9. The van der Waals surface area contributed by atoms with Crippen molar-refractivity contribution >= 4 is 18.1 Å². The van der Waals surface area contributed by atoms with Gasteiger partial charge in [0, 0.05) is 42.0 Å². The number of hydrogen-bond donors (Lipinski definition) is 3. The predicted octanol–water partition coefficient (Wildman–Crippen LogP) is 1.48. The van der Waals surface area contributed by atoms with Gasteiger partial charge < -0.3 is 34.6 Å². The second kappa shape index (κ2) is 11.7. The summed E-state index contributed by atoms with van der Waals surface area (Å²) in [7, 11) is 1.41. The Morgan fingerprint density at radius 3 is 2.75 bits per heavy atom. The molecule has 2 aromatic rings. The maximum absolute atomic E-state index is 14.7. The van der Waals surface area contributed by atoms with Crippen LogP contribution in [0.25, 0.3) is 0 Å². The number of benzene rings is 2. The van der Waals surface area contributed by atoms with E-state index in [4.69, 9.17) is 14.2 Å². The summed E-state index contributed by atoms with van der Waals surface area (Å²) < 4.78 is 32.0. The van der Waals surface area contributed by atoms with Gasteiger partial charge in [0.25, 0.3) is 5.91 Å². The molecule has 5 rings (SSSR count). The van der Waals surface area contributed by atoms with E-state index in [0.717, 1.165) is 0 Å². The fourth-order valence-corrected chi connectivity index (χ4v) is 5.66. The van der Waals surface area contributed by atoms with Crippen molar-refractivity contribution in [2.75, 3.05) is 26.9 Å². The second-order valence-electron chi connectivity index (χ2n) is 9.96. The Bertz CT molecular complexity index is 1330. The summed E-state index contributed by atoms with van der Waals surface area (Å²) in [6.07, 6.45) is 0.152. The summed E-state index contributed by atoms with van der Waals surface area (Å²) in [6.45, 7) is -0.103. The lowest BCUT2D eigenvalue weighted by atomic mass is 9.77. The molecule has 5 unspecified atom stereocenters. The van der Waals surface area contributed by atoms with E-state index in [1.54, 1.807) is 24.3 Å². The maximum atomic E-state index is 14.7. The first-order valence-electron chi connectivity index (χ1n) is 13.2. The van der Waals surface area contributed by atoms with Crippen molar-refractivity contribution in [3.63, 3.8) is 0 Å². The van der Waals surface area contributed by atoms with Gasteiger partial charge in [0.05, 0.1) is 25.7 Å². The lowest BCUT2D eigenvalue weighted by Gasteiger charge is -2.41. The van der Waals surface area contributed by atoms with Crippen LogP contribution >= 0.6 is 0 Å². The number of aldehydes is 1. The van der Waals surface area contributed by atoms with Crippen molar-refractivity contribution in [1.82, 2.24) is 10.2 Å². The van der Waals surface area contributed by atoms with E-state index < -0.39 is 47.9 Å². The molecule has 0 bridgehead atoms. The number of nitrogens with one attached hydrogen (secondary N) is 1. The number of ether oxygens (including phenoxy) is 3. The number of aliphatic hydroxyl groups is 2. The number of aliphatic hydroxyl groups excluding tert-OH is 2. The third-order valence-corrected chi connectivity index (χ3v) is 7.56. The molecule has 1 saturated heterocycles. The van der Waals surface area contributed by atoms with Crippen LogP contribution in [0.1, 0.15) is 40.2 Å². The highest BCUT2D eigenvalue weighted by Gasteiger charge is 2.52. The Morgan fingerprint density at radius 2 is 2.08 bits per heavy atom. The smallest absolute Gasteiger partial charge is 0.252 e. The van der Waals surface area contributed by atoms with Gasteiger partial charge >= 0.3 is 0 Å². The van der Waals surface area contributed by atoms with Crippen molar-refractivity contribution in [3.05, 3.63) is 70.6 Å². The number of carbonyl (C=O) groups is 3. The van der Waals surface area contributed by atoms with Crippen molar-refractivity contribution in [2.24, 2.45) is 0 Å². The molecule has 2 amide bonds. The molecule has 1 fully saturated rings. The number of carbonyl (C=O) groups excluding carboxylic acids is 3. The molecule has 2 aromatic carbocycles. The van der Waals surface area contributed by atoms with E-state index in [0.29, 0.717) is 36.9 Å². The van der Waals surface area contributed by atoms with Crippen LogP contribution in [0.15, 0.2) is 48.0 Å². The van der Waals surface area contributed by atoms with Gasteiger partial charge in [-0.25, -0.2) is 4.39 Å². The Balaban J connectivity index is 1.61. The van der Waals surface area contributed by atoms with E-state index in [1.807, 2.05) is 0 Å². The largest absolute Gasteiger partial charge is 0.493 e. The van der Waals surface area contributed by atoms with Gasteiger partial charge in [-0.05, 0) is 37.1 Å². The van der Waals surface area contributed by atoms with E-state index in [-0.39, 0.29) is 42.3 Å². The maximum Gasteiger partial charge on any atom is 0.252 e. The molecular formula is C29H31FN2O8. The van der Waals surface area contributed by atoms with Crippen LogP contribution in [0, 0.1) is 5.82 Å². The average Bonchev–Trinajstić information content (AvgIpc) is 3.64. The zero-order valence-electron chi connectivity index (χ0n) is 21.9. The molecule has 10 nitrogen and oxygen atoms in total. The Labute approximate surface area is 230 Å². The van der Waals surface area contributed by atoms with Gasteiger partial charge in [-0.2, -0.15) is 0 Å². The van der Waals surface area contributed by atoms with Crippen LogP contribution in [-0.4, -0.2) is 84.4 Å². The molecule has 0 aromatic heterocycles. The number of methoxy groups -OCH3 is 1. The zero-order valence-corrected chi connectivity index (χ0v) is 21.9. The number of fused-ring (bicyclic) bond motifs is 3. The van der Waals surface area contributed by atoms with Crippen LogP contribution in [0.4, 0.5) is 4.39 Å². The van der Waals surface area contributed by atoms with Crippen LogP contribution in [0.5, 0.6) is 11.5 Å². The molecule has 5 atom stereocenters. The van der Waals surface area contributed by atoms with Crippen molar-refractivity contribution < 1.29 is 43.2 Å². The first kappa shape index (κ1) is 27.8. The SMILES string of the molecule is COc1cc(C=O)cc2c1OC1C2C(C(=O)NCCO)=CC(N(Cc2ccccc2F)C(=O)C2CCCO2)C1O. The molecule has 212 valence electrons. The highest BCUT2D eigenvalue weighted by Crippen LogP contribution is 2.51. The summed E-state index contributed by atoms with van der Waals surface area (Å²) in [5, 5.41) is 23.6. The fourth-order valence-electron chi connectivity index (χ4n) is 5.66. The van der Waals surface area contributed by atoms with Crippen LogP contribution in [-0.2, 0) is 20.9 Å². The van der Waals surface area contributed by atoms with Gasteiger partial charge in [0.1, 0.15) is 30.4 Å². The summed E-state index contributed by atoms with van der Waals surface area (Å²) in [5.41, 5.74) is 1.17. The third-order valence-electron chi connectivity index (χ3n) is 7.56. The minimum absolute atomic E-state index is 0.0278. The van der Waals surface area contributed by atoms with Gasteiger partial charge in [-0.15, -0.1) is 0 Å². The van der Waals surface area contributed by atoms with Crippen LogP contribution < -0.4 is 14.8 Å². The minimum atomic E-state index is -1.34. The van der Waals surface area contributed by atoms with E-state index in [2.05, 4.69) is 5.32 Å². The molecule has 0 spiro atoms. The highest BCUT2D eigenvalue weighted by molar-refractivity contribution is 5.96. The molecule has 3 N–H and O–H groups in total. The number of halogens is 1. The first-order chi connectivity index (χ1) is 19.4. The lowest BCUT2D eigenvalue weighted by Crippen LogP contribution is -2.57. The highest BCUT2D eigenvalue weighted by atomic mass is 19.1. The topological polar surface area (TPSA) is 135 Å². The van der Waals surface area contributed by atoms with Crippen LogP contribution in [0.3, 0.4) is 0 Å². The Kier molecular flexibility index (Phi) is 8.15. The molecule has 0 radical (unpaired) electrons. The monoisotopic (exact) mass is 554 g/mol. The zero-order chi connectivity index (χ0) is 28.4. The molecule has 11 heteroatoms. The van der Waals surface area contributed by atoms with E-state index in [1.165, 1.54) is 30.2 Å². The van der Waals surface area contributed by atoms with Crippen molar-refractivity contribution in [1.29, 1.82) is 0 Å². The van der Waals surface area contributed by atoms with Gasteiger partial charge in [0.2, 0.25) is 5.91 Å². The minimum Gasteiger partial charge on any atom is -0.493 e. The Hall–Kier alpha value is -3.80. The predicted molar refractivity (Wildman–Crippen MR) is 139 cm³/mol. The van der Waals surface area contributed by atoms with E-state index in [9.17, 15) is 29.0 Å². The van der Waals surface area contributed by atoms with Crippen molar-refractivity contribution in [3.8, 4) is 11.5 Å². The molecule has 0 saturated carbocycles. The molecule has 1 aliphatic carbocycles. The number of hydrogen-bond acceptors (Lipinski definition) is 8. The van der Waals surface area contributed by atoms with E-state index >= 15 is 0 Å². The van der Waals surface area contributed by atoms with Gasteiger partial charge in [-0.3, -0.25) is 14.4 Å². The average molecular weight is 555 g/mol. The summed E-state index contributed by atoms with van der Waals surface area (Å²) in [4.78, 5) is 40.1. The first-order valence-corrected chi connectivity index (χ1v) is 13.2. The lowest BCUT2D eigenvalue weighted by molar-refractivity contribution is -0.147. The summed E-state index contributed by atoms with van der Waals surface area (Å²) in [5.74, 6) is -1.77. The Morgan fingerprint density at radius 1 is 1.27 bits per heavy atom. The second-order valence-corrected chi connectivity index (χ2v) is 9.96. The normalized spacial score (nSPS) is 24.8. The summed E-state index contributed by atoms with van der Waals surface area (Å²) in [6, 6.07) is 8.01. The molecule has 2 aliphatic heterocycles. The van der Waals surface area contributed by atoms with Gasteiger partial charge in [0.15, 0.2) is 11.5 Å². The summed E-state index contributed by atoms with van der Waals surface area (Å²) >= 11 is 0. The van der Waals surface area contributed by atoms with Crippen molar-refractivity contribution in [2.45, 2.75) is 49.7 Å². The molecule has 3 aliphatic rings. The standard InChI is InChI=1S/C29H31FN2O8/c1-38-23-12-16(15-34)11-18-24-19(28(36)31-8-9-33)13-21(25(35)27(24)40-26(18)23)32(29(37)22-7-4-10-39-22)14-17-5-2-3-6-20(17)30/h2-3,5-6,11-13,15,21-22,24-25,27,33,35H,4,7-10,14H2,1H3,(H,31,36). The number of amides is 2. The number of nitrogens with zero attached hydrogens (tertiary/aromatic N) is 1. The third kappa shape index (κ3) is 5.07. The van der Waals surface area contributed by atoms with Crippen LogP contribution in [0.2, 0.25) is 0 Å². The molecule has 2 heterocycles. The quantitative estimate of drug-likeness (QED) is 0.397. The molecular weight excluding hydrogens is 523 g/mol. The fraction of sp³-hybridized carbons (Fsp3) is 0.414. The van der Waals surface area contributed by atoms with Gasteiger partial charge in [-0.1, -0.05) is 18.2 Å². The molecule has 40 heavy (non-hydrogen) atoms.